The highest BCUT2D eigenvalue weighted by molar-refractivity contribution is 5.77. The summed E-state index contributed by atoms with van der Waals surface area (Å²) in [5.41, 5.74) is -1.17. The molecule has 0 amide bonds. The van der Waals surface area contributed by atoms with E-state index in [9.17, 15) is 9.90 Å². The molecule has 0 fully saturated rings. The molecule has 4 heteroatoms. The average molecular weight is 175 g/mol. The van der Waals surface area contributed by atoms with E-state index in [-0.39, 0.29) is 18.9 Å². The van der Waals surface area contributed by atoms with Gasteiger partial charge in [0.05, 0.1) is 18.2 Å². The Hall–Kier alpha value is -0.450. The van der Waals surface area contributed by atoms with Crippen molar-refractivity contribution in [1.29, 1.82) is 0 Å². The maximum absolute atomic E-state index is 10.5. The minimum absolute atomic E-state index is 0.0105. The number of carbonyl (C=O) groups is 1. The molecule has 2 unspecified atom stereocenters. The number of hydrogen-bond acceptors (Lipinski definition) is 4. The molecule has 12 heavy (non-hydrogen) atoms. The van der Waals surface area contributed by atoms with Crippen molar-refractivity contribution in [2.75, 3.05) is 13.1 Å². The monoisotopic (exact) mass is 175 g/mol. The molecule has 0 spiro atoms. The van der Waals surface area contributed by atoms with E-state index in [1.54, 1.807) is 0 Å². The quantitative estimate of drug-likeness (QED) is 0.516. The predicted molar refractivity (Wildman–Crippen MR) is 45.9 cm³/mol. The minimum Gasteiger partial charge on any atom is -0.390 e. The Labute approximate surface area is 72.6 Å². The Kier molecular flexibility index (Phi) is 4.37. The second kappa shape index (κ2) is 4.54. The fourth-order valence-corrected chi connectivity index (χ4v) is 0.639. The molecule has 0 rings (SSSR count). The Balaban J connectivity index is 3.69. The minimum atomic E-state index is -1.17. The first kappa shape index (κ1) is 11.6. The number of nitrogens with one attached hydrogen (secondary N) is 1. The van der Waals surface area contributed by atoms with Crippen LogP contribution in [-0.2, 0) is 4.79 Å². The lowest BCUT2D eigenvalue weighted by Crippen LogP contribution is -2.47. The zero-order valence-electron chi connectivity index (χ0n) is 7.79. The molecule has 0 aromatic carbocycles. The first-order valence-corrected chi connectivity index (χ1v) is 3.97. The summed E-state index contributed by atoms with van der Waals surface area (Å²) in [6, 6.07) is 0. The van der Waals surface area contributed by atoms with Crippen LogP contribution in [0.1, 0.15) is 20.8 Å². The van der Waals surface area contributed by atoms with Gasteiger partial charge >= 0.3 is 0 Å². The molecule has 0 saturated carbocycles. The van der Waals surface area contributed by atoms with E-state index < -0.39 is 11.7 Å². The molecule has 0 aliphatic rings. The van der Waals surface area contributed by atoms with Crippen LogP contribution < -0.4 is 5.32 Å². The van der Waals surface area contributed by atoms with Crippen molar-refractivity contribution in [2.45, 2.75) is 32.5 Å². The normalized spacial score (nSPS) is 18.4. The zero-order valence-corrected chi connectivity index (χ0v) is 7.79. The average Bonchev–Trinajstić information content (AvgIpc) is 1.85. The summed E-state index contributed by atoms with van der Waals surface area (Å²) in [6.07, 6.45) is -0.808. The number of ketones is 1. The first-order valence-electron chi connectivity index (χ1n) is 3.97. The Morgan fingerprint density at radius 3 is 2.50 bits per heavy atom. The third-order valence-electron chi connectivity index (χ3n) is 1.76. The zero-order chi connectivity index (χ0) is 9.78. The Morgan fingerprint density at radius 2 is 2.17 bits per heavy atom. The van der Waals surface area contributed by atoms with E-state index in [1.165, 1.54) is 20.8 Å². The van der Waals surface area contributed by atoms with E-state index >= 15 is 0 Å². The summed E-state index contributed by atoms with van der Waals surface area (Å²) < 4.78 is 0. The summed E-state index contributed by atoms with van der Waals surface area (Å²) in [4.78, 5) is 10.5. The molecule has 0 aliphatic heterocycles. The van der Waals surface area contributed by atoms with Crippen molar-refractivity contribution in [1.82, 2.24) is 5.32 Å². The maximum atomic E-state index is 10.5. The summed E-state index contributed by atoms with van der Waals surface area (Å²) in [5, 5.41) is 21.3. The summed E-state index contributed by atoms with van der Waals surface area (Å²) in [7, 11) is 0. The standard InChI is InChI=1S/C8H17NO3/c1-6(10)4-9-5-8(3,12)7(2)11/h7,9,11-12H,4-5H2,1-3H3. The van der Waals surface area contributed by atoms with Crippen LogP contribution in [-0.4, -0.2) is 40.8 Å². The second-order valence-corrected chi connectivity index (χ2v) is 3.34. The third-order valence-corrected chi connectivity index (χ3v) is 1.76. The number of aliphatic hydroxyl groups excluding tert-OH is 1. The molecule has 0 aromatic rings. The molecule has 2 atom stereocenters. The number of hydrogen-bond donors (Lipinski definition) is 3. The van der Waals surface area contributed by atoms with Gasteiger partial charge in [0.15, 0.2) is 0 Å². The fraction of sp³-hybridized carbons (Fsp3) is 0.875. The molecule has 0 heterocycles. The Bertz CT molecular complexity index is 154. The second-order valence-electron chi connectivity index (χ2n) is 3.34. The van der Waals surface area contributed by atoms with E-state index in [1.807, 2.05) is 0 Å². The van der Waals surface area contributed by atoms with Crippen LogP contribution in [0.15, 0.2) is 0 Å². The van der Waals surface area contributed by atoms with Gasteiger partial charge in [0.25, 0.3) is 0 Å². The largest absolute Gasteiger partial charge is 0.390 e. The van der Waals surface area contributed by atoms with Crippen LogP contribution in [0.3, 0.4) is 0 Å². The molecule has 0 aliphatic carbocycles. The smallest absolute Gasteiger partial charge is 0.143 e. The van der Waals surface area contributed by atoms with Crippen LogP contribution in [0.2, 0.25) is 0 Å². The number of Topliss-reactive ketones (excluding diaryl/α,β-unsaturated/α-hetero) is 1. The van der Waals surface area contributed by atoms with Gasteiger partial charge in [-0.1, -0.05) is 0 Å². The van der Waals surface area contributed by atoms with Crippen molar-refractivity contribution in [3.05, 3.63) is 0 Å². The lowest BCUT2D eigenvalue weighted by Gasteiger charge is -2.26. The van der Waals surface area contributed by atoms with Gasteiger partial charge in [-0.3, -0.25) is 4.79 Å². The van der Waals surface area contributed by atoms with Gasteiger partial charge in [-0.2, -0.15) is 0 Å². The lowest BCUT2D eigenvalue weighted by molar-refractivity contribution is -0.116. The van der Waals surface area contributed by atoms with E-state index in [2.05, 4.69) is 5.32 Å². The maximum Gasteiger partial charge on any atom is 0.143 e. The summed E-state index contributed by atoms with van der Waals surface area (Å²) >= 11 is 0. The lowest BCUT2D eigenvalue weighted by atomic mass is 10.0. The summed E-state index contributed by atoms with van der Waals surface area (Å²) in [5.74, 6) is 0.0105. The fourth-order valence-electron chi connectivity index (χ4n) is 0.639. The molecule has 3 N–H and O–H groups in total. The van der Waals surface area contributed by atoms with Crippen LogP contribution in [0.5, 0.6) is 0 Å². The first-order chi connectivity index (χ1) is 5.36. The van der Waals surface area contributed by atoms with Gasteiger partial charge in [-0.15, -0.1) is 0 Å². The molecule has 72 valence electrons. The SMILES string of the molecule is CC(=O)CNCC(C)(O)C(C)O. The number of aliphatic hydroxyl groups is 2. The van der Waals surface area contributed by atoms with Gasteiger partial charge in [0, 0.05) is 6.54 Å². The highest BCUT2D eigenvalue weighted by Crippen LogP contribution is 2.06. The van der Waals surface area contributed by atoms with E-state index in [0.717, 1.165) is 0 Å². The van der Waals surface area contributed by atoms with Crippen molar-refractivity contribution in [2.24, 2.45) is 0 Å². The van der Waals surface area contributed by atoms with Crippen LogP contribution in [0.4, 0.5) is 0 Å². The molecule has 0 saturated heterocycles. The number of rotatable bonds is 5. The van der Waals surface area contributed by atoms with Gasteiger partial charge in [-0.05, 0) is 20.8 Å². The summed E-state index contributed by atoms with van der Waals surface area (Å²) in [6.45, 7) is 4.93. The van der Waals surface area contributed by atoms with Crippen LogP contribution >= 0.6 is 0 Å². The molecule has 4 nitrogen and oxygen atoms in total. The predicted octanol–water partition coefficient (Wildman–Crippen LogP) is -0.703. The van der Waals surface area contributed by atoms with Gasteiger partial charge in [-0.25, -0.2) is 0 Å². The molecule has 0 radical (unpaired) electrons. The highest BCUT2D eigenvalue weighted by atomic mass is 16.3. The molecular formula is C8H17NO3. The topological polar surface area (TPSA) is 69.6 Å². The third kappa shape index (κ3) is 4.43. The number of carbonyl (C=O) groups excluding carboxylic acids is 1. The van der Waals surface area contributed by atoms with E-state index in [4.69, 9.17) is 5.11 Å². The van der Waals surface area contributed by atoms with Crippen LogP contribution in [0, 0.1) is 0 Å². The van der Waals surface area contributed by atoms with Crippen molar-refractivity contribution in [3.8, 4) is 0 Å². The van der Waals surface area contributed by atoms with Crippen LogP contribution in [0.25, 0.3) is 0 Å². The van der Waals surface area contributed by atoms with Crippen molar-refractivity contribution < 1.29 is 15.0 Å². The molecule has 0 aromatic heterocycles. The van der Waals surface area contributed by atoms with E-state index in [0.29, 0.717) is 0 Å². The van der Waals surface area contributed by atoms with Gasteiger partial charge < -0.3 is 15.5 Å². The molecule has 0 bridgehead atoms. The van der Waals surface area contributed by atoms with Gasteiger partial charge in [0.2, 0.25) is 0 Å². The van der Waals surface area contributed by atoms with Crippen molar-refractivity contribution in [3.63, 3.8) is 0 Å². The highest BCUT2D eigenvalue weighted by Gasteiger charge is 2.25. The Morgan fingerprint density at radius 1 is 1.67 bits per heavy atom. The van der Waals surface area contributed by atoms with Gasteiger partial charge in [0.1, 0.15) is 5.78 Å². The molecular weight excluding hydrogens is 158 g/mol. The van der Waals surface area contributed by atoms with Crippen molar-refractivity contribution >= 4 is 5.78 Å².